The first kappa shape index (κ1) is 18.4. The van der Waals surface area contributed by atoms with Crippen LogP contribution in [-0.2, 0) is 9.53 Å². The van der Waals surface area contributed by atoms with Crippen molar-refractivity contribution in [3.8, 4) is 0 Å². The molecule has 2 atom stereocenters. The molecule has 0 fully saturated rings. The van der Waals surface area contributed by atoms with E-state index in [1.807, 2.05) is 31.2 Å². The van der Waals surface area contributed by atoms with Gasteiger partial charge in [0.05, 0.1) is 18.6 Å². The van der Waals surface area contributed by atoms with Crippen molar-refractivity contribution in [2.24, 2.45) is 5.73 Å². The van der Waals surface area contributed by atoms with Crippen LogP contribution in [0.3, 0.4) is 0 Å². The Bertz CT molecular complexity index is 609. The number of methoxy groups -OCH3 is 1. The van der Waals surface area contributed by atoms with Crippen LogP contribution in [0.4, 0.5) is 0 Å². The average molecular weight is 323 g/mol. The Balaban J connectivity index is 0.00000242. The molecular weight excluding hydrogens is 300 g/mol. The van der Waals surface area contributed by atoms with E-state index in [0.29, 0.717) is 6.54 Å². The summed E-state index contributed by atoms with van der Waals surface area (Å²) in [5.41, 5.74) is 6.66. The molecule has 2 rings (SSSR count). The van der Waals surface area contributed by atoms with Gasteiger partial charge in [0.1, 0.15) is 0 Å². The molecule has 5 heteroatoms. The maximum absolute atomic E-state index is 12.0. The van der Waals surface area contributed by atoms with Crippen LogP contribution in [0.5, 0.6) is 0 Å². The summed E-state index contributed by atoms with van der Waals surface area (Å²) in [7, 11) is 1.57. The molecule has 0 aliphatic heterocycles. The SMILES string of the molecule is COC(CN)CC(=O)NC(C)c1cccc2ccccc12.Cl. The first-order chi connectivity index (χ1) is 10.2. The highest BCUT2D eigenvalue weighted by molar-refractivity contribution is 5.87. The van der Waals surface area contributed by atoms with Crippen molar-refractivity contribution in [3.63, 3.8) is 0 Å². The van der Waals surface area contributed by atoms with Crippen LogP contribution in [0.15, 0.2) is 42.5 Å². The van der Waals surface area contributed by atoms with E-state index in [-0.39, 0.29) is 36.9 Å². The highest BCUT2D eigenvalue weighted by atomic mass is 35.5. The summed E-state index contributed by atoms with van der Waals surface area (Å²) in [6.45, 7) is 2.33. The maximum Gasteiger partial charge on any atom is 0.223 e. The number of hydrogen-bond donors (Lipinski definition) is 2. The van der Waals surface area contributed by atoms with E-state index < -0.39 is 0 Å². The number of hydrogen-bond acceptors (Lipinski definition) is 3. The average Bonchev–Trinajstić information content (AvgIpc) is 2.51. The third-order valence-electron chi connectivity index (χ3n) is 3.68. The number of amides is 1. The van der Waals surface area contributed by atoms with Gasteiger partial charge in [0.2, 0.25) is 5.91 Å². The number of nitrogens with two attached hydrogens (primary N) is 1. The van der Waals surface area contributed by atoms with Crippen molar-refractivity contribution >= 4 is 29.1 Å². The highest BCUT2D eigenvalue weighted by Gasteiger charge is 2.15. The van der Waals surface area contributed by atoms with E-state index in [1.165, 1.54) is 5.39 Å². The molecule has 1 amide bonds. The molecule has 2 aromatic carbocycles. The fourth-order valence-electron chi connectivity index (χ4n) is 2.48. The molecule has 0 aliphatic rings. The van der Waals surface area contributed by atoms with Crippen LogP contribution < -0.4 is 11.1 Å². The number of halogens is 1. The quantitative estimate of drug-likeness (QED) is 0.859. The van der Waals surface area contributed by atoms with Gasteiger partial charge in [0.25, 0.3) is 0 Å². The smallest absolute Gasteiger partial charge is 0.223 e. The molecule has 0 aliphatic carbocycles. The first-order valence-corrected chi connectivity index (χ1v) is 7.15. The Hall–Kier alpha value is -1.62. The number of nitrogens with one attached hydrogen (secondary N) is 1. The van der Waals surface area contributed by atoms with Gasteiger partial charge in [-0.2, -0.15) is 0 Å². The fraction of sp³-hybridized carbons (Fsp3) is 0.353. The zero-order valence-electron chi connectivity index (χ0n) is 12.9. The molecule has 0 aromatic heterocycles. The monoisotopic (exact) mass is 322 g/mol. The van der Waals surface area contributed by atoms with Crippen LogP contribution >= 0.6 is 12.4 Å². The topological polar surface area (TPSA) is 64.3 Å². The zero-order valence-corrected chi connectivity index (χ0v) is 13.7. The predicted molar refractivity (Wildman–Crippen MR) is 92.2 cm³/mol. The summed E-state index contributed by atoms with van der Waals surface area (Å²) in [4.78, 5) is 12.0. The number of carbonyl (C=O) groups excluding carboxylic acids is 1. The van der Waals surface area contributed by atoms with Gasteiger partial charge in [-0.05, 0) is 23.3 Å². The van der Waals surface area contributed by atoms with Crippen LogP contribution in [0.1, 0.15) is 24.9 Å². The van der Waals surface area contributed by atoms with E-state index in [0.717, 1.165) is 10.9 Å². The second kappa shape index (κ2) is 8.73. The van der Waals surface area contributed by atoms with Gasteiger partial charge in [-0.25, -0.2) is 0 Å². The van der Waals surface area contributed by atoms with E-state index >= 15 is 0 Å². The zero-order chi connectivity index (χ0) is 15.2. The highest BCUT2D eigenvalue weighted by Crippen LogP contribution is 2.24. The molecule has 3 N–H and O–H groups in total. The molecule has 2 unspecified atom stereocenters. The van der Waals surface area contributed by atoms with Gasteiger partial charge in [0, 0.05) is 13.7 Å². The molecule has 22 heavy (non-hydrogen) atoms. The molecule has 0 heterocycles. The second-order valence-corrected chi connectivity index (χ2v) is 5.16. The van der Waals surface area contributed by atoms with E-state index in [1.54, 1.807) is 7.11 Å². The van der Waals surface area contributed by atoms with E-state index in [2.05, 4.69) is 23.5 Å². The number of carbonyl (C=O) groups is 1. The van der Waals surface area contributed by atoms with Crippen LogP contribution in [0, 0.1) is 0 Å². The summed E-state index contributed by atoms with van der Waals surface area (Å²) in [6, 6.07) is 14.2. The summed E-state index contributed by atoms with van der Waals surface area (Å²) < 4.78 is 5.14. The van der Waals surface area contributed by atoms with Crippen molar-refractivity contribution in [2.45, 2.75) is 25.5 Å². The van der Waals surface area contributed by atoms with Crippen molar-refractivity contribution in [1.82, 2.24) is 5.32 Å². The molecule has 0 spiro atoms. The summed E-state index contributed by atoms with van der Waals surface area (Å²) >= 11 is 0. The standard InChI is InChI=1S/C17H22N2O2.ClH/c1-12(19-17(20)10-14(11-18)21-2)15-9-5-7-13-6-3-4-8-16(13)15;/h3-9,12,14H,10-11,18H2,1-2H3,(H,19,20);1H. The third kappa shape index (κ3) is 4.44. The summed E-state index contributed by atoms with van der Waals surface area (Å²) in [5, 5.41) is 5.35. The van der Waals surface area contributed by atoms with Crippen LogP contribution in [0.2, 0.25) is 0 Å². The summed E-state index contributed by atoms with van der Waals surface area (Å²) in [5.74, 6) is -0.0484. The molecule has 0 bridgehead atoms. The third-order valence-corrected chi connectivity index (χ3v) is 3.68. The Labute approximate surface area is 137 Å². The Morgan fingerprint density at radius 2 is 1.91 bits per heavy atom. The van der Waals surface area contributed by atoms with Crippen LogP contribution in [0.25, 0.3) is 10.8 Å². The number of rotatable bonds is 6. The van der Waals surface area contributed by atoms with Crippen molar-refractivity contribution < 1.29 is 9.53 Å². The Kier molecular flexibility index (Phi) is 7.32. The molecule has 120 valence electrons. The first-order valence-electron chi connectivity index (χ1n) is 7.15. The second-order valence-electron chi connectivity index (χ2n) is 5.16. The maximum atomic E-state index is 12.0. The fourth-order valence-corrected chi connectivity index (χ4v) is 2.48. The van der Waals surface area contributed by atoms with Crippen molar-refractivity contribution in [1.29, 1.82) is 0 Å². The largest absolute Gasteiger partial charge is 0.380 e. The molecular formula is C17H23ClN2O2. The Morgan fingerprint density at radius 1 is 1.23 bits per heavy atom. The minimum Gasteiger partial charge on any atom is -0.380 e. The van der Waals surface area contributed by atoms with Crippen molar-refractivity contribution in [3.05, 3.63) is 48.0 Å². The van der Waals surface area contributed by atoms with Gasteiger partial charge in [0.15, 0.2) is 0 Å². The lowest BCUT2D eigenvalue weighted by atomic mass is 9.99. The van der Waals surface area contributed by atoms with Crippen molar-refractivity contribution in [2.75, 3.05) is 13.7 Å². The number of ether oxygens (including phenoxy) is 1. The van der Waals surface area contributed by atoms with E-state index in [9.17, 15) is 4.79 Å². The molecule has 0 saturated heterocycles. The lowest BCUT2D eigenvalue weighted by Crippen LogP contribution is -2.33. The van der Waals surface area contributed by atoms with Gasteiger partial charge in [-0.1, -0.05) is 42.5 Å². The summed E-state index contributed by atoms with van der Waals surface area (Å²) in [6.07, 6.45) is 0.0481. The lowest BCUT2D eigenvalue weighted by Gasteiger charge is -2.18. The molecule has 4 nitrogen and oxygen atoms in total. The van der Waals surface area contributed by atoms with Gasteiger partial charge >= 0.3 is 0 Å². The molecule has 0 saturated carbocycles. The minimum absolute atomic E-state index is 0. The molecule has 2 aromatic rings. The molecule has 0 radical (unpaired) electrons. The van der Waals surface area contributed by atoms with Gasteiger partial charge in [-0.15, -0.1) is 12.4 Å². The normalized spacial score (nSPS) is 13.2. The lowest BCUT2D eigenvalue weighted by molar-refractivity contribution is -0.124. The number of fused-ring (bicyclic) bond motifs is 1. The van der Waals surface area contributed by atoms with Crippen LogP contribution in [-0.4, -0.2) is 25.7 Å². The van der Waals surface area contributed by atoms with E-state index in [4.69, 9.17) is 10.5 Å². The predicted octanol–water partition coefficient (Wildman–Crippen LogP) is 2.80. The Morgan fingerprint density at radius 3 is 2.59 bits per heavy atom. The minimum atomic E-state index is -0.232. The van der Waals surface area contributed by atoms with Gasteiger partial charge < -0.3 is 15.8 Å². The van der Waals surface area contributed by atoms with Gasteiger partial charge in [-0.3, -0.25) is 4.79 Å². The number of benzene rings is 2.